The lowest BCUT2D eigenvalue weighted by molar-refractivity contribution is -0.474. The van der Waals surface area contributed by atoms with Gasteiger partial charge in [-0.3, -0.25) is 0 Å². The average molecular weight is 248 g/mol. The van der Waals surface area contributed by atoms with Gasteiger partial charge in [-0.05, 0) is 6.07 Å². The molecule has 1 aromatic rings. The van der Waals surface area contributed by atoms with E-state index in [4.69, 9.17) is 5.11 Å². The topological polar surface area (TPSA) is 23.2 Å². The molecule has 1 N–H and O–H groups in total. The van der Waals surface area contributed by atoms with E-state index in [1.807, 2.05) is 0 Å². The van der Waals surface area contributed by atoms with E-state index < -0.39 is 17.5 Å². The van der Waals surface area contributed by atoms with Crippen molar-refractivity contribution < 1.29 is 22.9 Å². The van der Waals surface area contributed by atoms with Crippen LogP contribution < -0.4 is 0 Å². The Labute approximate surface area is 94.4 Å². The summed E-state index contributed by atoms with van der Waals surface area (Å²) in [7, 11) is 0. The summed E-state index contributed by atoms with van der Waals surface area (Å²) < 4.78 is 40.6. The molecule has 2 nitrogen and oxygen atoms in total. The predicted molar refractivity (Wildman–Crippen MR) is 55.6 cm³/mol. The summed E-state index contributed by atoms with van der Waals surface area (Å²) in [4.78, 5) is 0. The molecule has 0 spiro atoms. The average Bonchev–Trinajstić information content (AvgIpc) is 2.74. The summed E-state index contributed by atoms with van der Waals surface area (Å²) >= 11 is 1.39. The molecule has 86 valence electrons. The number of aliphatic hydroxyl groups excluding tert-OH is 1. The Morgan fingerprint density at radius 1 is 1.31 bits per heavy atom. The Hall–Kier alpha value is -1.01. The molecule has 1 heterocycles. The van der Waals surface area contributed by atoms with Crippen molar-refractivity contribution in [3.63, 3.8) is 0 Å². The molecule has 1 aliphatic rings. The van der Waals surface area contributed by atoms with Gasteiger partial charge in [-0.25, -0.2) is 8.78 Å². The normalized spacial score (nSPS) is 20.0. The van der Waals surface area contributed by atoms with Crippen molar-refractivity contribution in [2.75, 3.05) is 12.4 Å². The van der Waals surface area contributed by atoms with Crippen molar-refractivity contribution in [2.45, 2.75) is 6.04 Å². The Kier molecular flexibility index (Phi) is 3.20. The second-order valence-corrected chi connectivity index (χ2v) is 4.25. The molecule has 0 amide bonds. The van der Waals surface area contributed by atoms with Crippen molar-refractivity contribution in [1.82, 2.24) is 0 Å². The Bertz CT molecular complexity index is 450. The monoisotopic (exact) mass is 248 g/mol. The van der Waals surface area contributed by atoms with Gasteiger partial charge in [0.05, 0.1) is 5.75 Å². The third-order valence-corrected chi connectivity index (χ3v) is 3.33. The van der Waals surface area contributed by atoms with E-state index in [1.54, 1.807) is 5.55 Å². The second kappa shape index (κ2) is 4.47. The number of nitrogens with zero attached hydrogens (tertiary/aromatic N) is 1. The number of benzene rings is 1. The highest BCUT2D eigenvalue weighted by molar-refractivity contribution is 8.12. The number of thioether (sulfide) groups is 1. The SMILES string of the molecule is OCC1CSC=[N+]1c1ccc(F)c(F)c1F. The zero-order valence-corrected chi connectivity index (χ0v) is 8.98. The van der Waals surface area contributed by atoms with Gasteiger partial charge in [-0.15, -0.1) is 0 Å². The lowest BCUT2D eigenvalue weighted by Crippen LogP contribution is -2.25. The van der Waals surface area contributed by atoms with Crippen LogP contribution in [0, 0.1) is 17.5 Å². The molecule has 1 aromatic carbocycles. The van der Waals surface area contributed by atoms with Crippen molar-refractivity contribution in [1.29, 1.82) is 0 Å². The molecule has 0 fully saturated rings. The molecule has 0 radical (unpaired) electrons. The van der Waals surface area contributed by atoms with E-state index in [2.05, 4.69) is 0 Å². The summed E-state index contributed by atoms with van der Waals surface area (Å²) in [5.74, 6) is -3.33. The minimum absolute atomic E-state index is 0.0528. The van der Waals surface area contributed by atoms with E-state index in [9.17, 15) is 13.2 Å². The molecule has 1 aliphatic heterocycles. The summed E-state index contributed by atoms with van der Waals surface area (Å²) in [5, 5.41) is 9.05. The highest BCUT2D eigenvalue weighted by Crippen LogP contribution is 2.27. The smallest absolute Gasteiger partial charge is 0.245 e. The van der Waals surface area contributed by atoms with E-state index >= 15 is 0 Å². The van der Waals surface area contributed by atoms with Crippen LogP contribution in [0.5, 0.6) is 0 Å². The molecular formula is C10H9F3NOS+. The zero-order valence-electron chi connectivity index (χ0n) is 8.16. The van der Waals surface area contributed by atoms with Gasteiger partial charge in [-0.2, -0.15) is 8.97 Å². The largest absolute Gasteiger partial charge is 0.389 e. The van der Waals surface area contributed by atoms with Gasteiger partial charge in [-0.1, -0.05) is 11.8 Å². The molecule has 16 heavy (non-hydrogen) atoms. The molecule has 0 bridgehead atoms. The molecule has 0 aliphatic carbocycles. The standard InChI is InChI=1S/C10H9F3NOS/c11-7-1-2-8(10(13)9(7)12)14-5-16-4-6(14)3-15/h1-2,5-6,15H,3-4H2/q+1. The summed E-state index contributed by atoms with van der Waals surface area (Å²) in [6.07, 6.45) is 0. The minimum atomic E-state index is -1.49. The molecule has 6 heteroatoms. The summed E-state index contributed by atoms with van der Waals surface area (Å²) in [6, 6.07) is 1.74. The van der Waals surface area contributed by atoms with Gasteiger partial charge in [0.2, 0.25) is 22.9 Å². The highest BCUT2D eigenvalue weighted by Gasteiger charge is 2.32. The van der Waals surface area contributed by atoms with Crippen LogP contribution in [0.3, 0.4) is 0 Å². The van der Waals surface area contributed by atoms with Crippen LogP contribution in [0.25, 0.3) is 0 Å². The molecule has 1 unspecified atom stereocenters. The fourth-order valence-corrected chi connectivity index (χ4v) is 2.53. The number of rotatable bonds is 2. The fourth-order valence-electron chi connectivity index (χ4n) is 1.51. The number of aliphatic hydroxyl groups is 1. The van der Waals surface area contributed by atoms with Crippen LogP contribution in [0.15, 0.2) is 12.1 Å². The van der Waals surface area contributed by atoms with Crippen LogP contribution in [0.1, 0.15) is 0 Å². The van der Waals surface area contributed by atoms with Crippen LogP contribution in [0.2, 0.25) is 0 Å². The Balaban J connectivity index is 2.45. The van der Waals surface area contributed by atoms with Crippen LogP contribution in [-0.2, 0) is 0 Å². The third kappa shape index (κ3) is 1.82. The third-order valence-electron chi connectivity index (χ3n) is 2.37. The number of hydrogen-bond donors (Lipinski definition) is 1. The molecule has 0 saturated heterocycles. The van der Waals surface area contributed by atoms with Gasteiger partial charge in [0, 0.05) is 6.07 Å². The van der Waals surface area contributed by atoms with Gasteiger partial charge in [0.25, 0.3) is 0 Å². The Morgan fingerprint density at radius 2 is 2.06 bits per heavy atom. The van der Waals surface area contributed by atoms with Crippen molar-refractivity contribution in [2.24, 2.45) is 0 Å². The summed E-state index contributed by atoms with van der Waals surface area (Å²) in [6.45, 7) is -0.165. The van der Waals surface area contributed by atoms with Crippen molar-refractivity contribution in [3.8, 4) is 0 Å². The maximum absolute atomic E-state index is 13.5. The lowest BCUT2D eigenvalue weighted by atomic mass is 10.2. The first-order valence-electron chi connectivity index (χ1n) is 4.62. The molecule has 0 aromatic heterocycles. The van der Waals surface area contributed by atoms with E-state index in [-0.39, 0.29) is 18.3 Å². The molecule has 0 saturated carbocycles. The van der Waals surface area contributed by atoms with E-state index in [0.29, 0.717) is 5.75 Å². The van der Waals surface area contributed by atoms with Gasteiger partial charge >= 0.3 is 0 Å². The van der Waals surface area contributed by atoms with E-state index in [0.717, 1.165) is 6.07 Å². The second-order valence-electron chi connectivity index (χ2n) is 3.38. The minimum Gasteiger partial charge on any atom is -0.389 e. The van der Waals surface area contributed by atoms with Crippen LogP contribution in [-0.4, -0.2) is 33.6 Å². The lowest BCUT2D eigenvalue weighted by Gasteiger charge is -2.07. The maximum Gasteiger partial charge on any atom is 0.245 e. The highest BCUT2D eigenvalue weighted by atomic mass is 32.2. The van der Waals surface area contributed by atoms with Crippen molar-refractivity contribution in [3.05, 3.63) is 29.6 Å². The van der Waals surface area contributed by atoms with Crippen LogP contribution >= 0.6 is 11.8 Å². The molecule has 1 atom stereocenters. The first-order valence-corrected chi connectivity index (χ1v) is 5.67. The maximum atomic E-state index is 13.5. The van der Waals surface area contributed by atoms with Gasteiger partial charge in [0.1, 0.15) is 6.61 Å². The van der Waals surface area contributed by atoms with Crippen molar-refractivity contribution >= 4 is 23.0 Å². The summed E-state index contributed by atoms with van der Waals surface area (Å²) in [5.41, 5.74) is 1.54. The van der Waals surface area contributed by atoms with Crippen LogP contribution in [0.4, 0.5) is 18.9 Å². The first-order chi connectivity index (χ1) is 7.65. The van der Waals surface area contributed by atoms with Gasteiger partial charge in [0.15, 0.2) is 11.9 Å². The zero-order chi connectivity index (χ0) is 11.7. The number of hydrogen-bond acceptors (Lipinski definition) is 2. The number of halogens is 3. The Morgan fingerprint density at radius 3 is 2.75 bits per heavy atom. The quantitative estimate of drug-likeness (QED) is 0.638. The predicted octanol–water partition coefficient (Wildman–Crippen LogP) is 1.88. The van der Waals surface area contributed by atoms with Gasteiger partial charge < -0.3 is 5.11 Å². The molecule has 2 rings (SSSR count). The molecular weight excluding hydrogens is 239 g/mol. The fraction of sp³-hybridized carbons (Fsp3) is 0.300. The van der Waals surface area contributed by atoms with E-state index in [1.165, 1.54) is 22.4 Å². The first kappa shape index (κ1) is 11.5.